The van der Waals surface area contributed by atoms with Crippen LogP contribution in [0.25, 0.3) is 33.4 Å². The van der Waals surface area contributed by atoms with Crippen molar-refractivity contribution in [2.24, 2.45) is 0 Å². The van der Waals surface area contributed by atoms with E-state index in [1.807, 2.05) is 37.3 Å². The Balaban J connectivity index is 1.95. The molecule has 0 spiro atoms. The molecule has 2 aromatic rings. The normalized spacial score (nSPS) is 12.9. The molecule has 0 fully saturated rings. The molecule has 2 aromatic carbocycles. The van der Waals surface area contributed by atoms with Crippen molar-refractivity contribution in [2.75, 3.05) is 7.11 Å². The lowest BCUT2D eigenvalue weighted by Crippen LogP contribution is -2.21. The molecule has 178 valence electrons. The molecular formula is C29H26O6. The van der Waals surface area contributed by atoms with Gasteiger partial charge in [-0.25, -0.2) is 0 Å². The second-order valence-electron chi connectivity index (χ2n) is 8.28. The number of rotatable bonds is 8. The molecule has 2 aliphatic rings. The van der Waals surface area contributed by atoms with E-state index >= 15 is 0 Å². The molecule has 6 nitrogen and oxygen atoms in total. The van der Waals surface area contributed by atoms with Crippen LogP contribution >= 0.6 is 0 Å². The van der Waals surface area contributed by atoms with Gasteiger partial charge < -0.3 is 13.9 Å². The van der Waals surface area contributed by atoms with Gasteiger partial charge in [0.2, 0.25) is 6.29 Å². The lowest BCUT2D eigenvalue weighted by Gasteiger charge is -2.20. The van der Waals surface area contributed by atoms with Crippen LogP contribution in [0.5, 0.6) is 5.75 Å². The van der Waals surface area contributed by atoms with Crippen LogP contribution in [-0.2, 0) is 9.53 Å². The first-order valence-corrected chi connectivity index (χ1v) is 11.3. The standard InChI is InChI=1S/C29H26O6/c1-5-25(32)21-8-6-7-9-22(21)28-23-12-10-19(31)14-26(23)35-27-15-20(11-13-24(27)28)34-29(33-4)18(3)17(2)16-30/h6-16,29H,5H2,1-4H3/b18-17-. The maximum absolute atomic E-state index is 12.7. The minimum absolute atomic E-state index is 0.0267. The number of hydrogen-bond donors (Lipinski definition) is 0. The van der Waals surface area contributed by atoms with E-state index in [0.717, 1.165) is 28.4 Å². The highest BCUT2D eigenvalue weighted by molar-refractivity contribution is 6.09. The zero-order chi connectivity index (χ0) is 25.1. The number of Topliss-reactive ketones (excluding diaryl/α,β-unsaturated/α-hetero) is 1. The first-order valence-electron chi connectivity index (χ1n) is 11.3. The van der Waals surface area contributed by atoms with Crippen LogP contribution in [-0.4, -0.2) is 25.5 Å². The third-order valence-electron chi connectivity index (χ3n) is 6.09. The molecule has 0 amide bonds. The van der Waals surface area contributed by atoms with E-state index in [1.165, 1.54) is 19.2 Å². The summed E-state index contributed by atoms with van der Waals surface area (Å²) < 4.78 is 17.6. The van der Waals surface area contributed by atoms with Gasteiger partial charge in [-0.2, -0.15) is 0 Å². The average Bonchev–Trinajstić information content (AvgIpc) is 2.88. The van der Waals surface area contributed by atoms with Crippen molar-refractivity contribution < 1.29 is 23.5 Å². The van der Waals surface area contributed by atoms with E-state index in [0.29, 0.717) is 40.2 Å². The lowest BCUT2D eigenvalue weighted by molar-refractivity contribution is -0.105. The SMILES string of the molecule is CCC(=O)c1ccccc1-c1c2ccc(=O)cc-2oc2cc(OC(OC)/C(C)=C(/C)C=O)ccc12. The Morgan fingerprint density at radius 2 is 1.80 bits per heavy atom. The van der Waals surface area contributed by atoms with Crippen molar-refractivity contribution in [1.82, 2.24) is 0 Å². The molecule has 6 heteroatoms. The maximum Gasteiger partial charge on any atom is 0.222 e. The molecule has 1 aliphatic heterocycles. The van der Waals surface area contributed by atoms with Crippen molar-refractivity contribution in [3.63, 3.8) is 0 Å². The van der Waals surface area contributed by atoms with Gasteiger partial charge in [0.25, 0.3) is 0 Å². The third kappa shape index (κ3) is 4.66. The molecule has 1 heterocycles. The summed E-state index contributed by atoms with van der Waals surface area (Å²) in [6.07, 6.45) is 0.376. The number of fused-ring (bicyclic) bond motifs is 2. The number of carbonyl (C=O) groups excluding carboxylic acids is 2. The van der Waals surface area contributed by atoms with Crippen LogP contribution in [0.2, 0.25) is 0 Å². The Hall–Kier alpha value is -4.03. The highest BCUT2D eigenvalue weighted by atomic mass is 16.7. The topological polar surface area (TPSA) is 82.8 Å². The van der Waals surface area contributed by atoms with Crippen molar-refractivity contribution in [1.29, 1.82) is 0 Å². The molecule has 0 radical (unpaired) electrons. The number of carbonyl (C=O) groups is 2. The van der Waals surface area contributed by atoms with Crippen molar-refractivity contribution in [3.8, 4) is 28.2 Å². The van der Waals surface area contributed by atoms with Gasteiger partial charge in [-0.1, -0.05) is 31.2 Å². The van der Waals surface area contributed by atoms with Crippen LogP contribution < -0.4 is 10.2 Å². The van der Waals surface area contributed by atoms with E-state index in [2.05, 4.69) is 0 Å². The summed E-state index contributed by atoms with van der Waals surface area (Å²) in [5.74, 6) is 0.901. The van der Waals surface area contributed by atoms with Gasteiger partial charge in [0.15, 0.2) is 11.2 Å². The molecule has 1 aliphatic carbocycles. The molecule has 0 saturated heterocycles. The van der Waals surface area contributed by atoms with Crippen LogP contribution in [0.15, 0.2) is 81.0 Å². The van der Waals surface area contributed by atoms with Gasteiger partial charge in [0.05, 0.1) is 0 Å². The highest BCUT2D eigenvalue weighted by Gasteiger charge is 2.22. The second kappa shape index (κ2) is 10.1. The minimum Gasteiger partial charge on any atom is -0.461 e. The predicted molar refractivity (Wildman–Crippen MR) is 135 cm³/mol. The number of ether oxygens (including phenoxy) is 2. The molecule has 0 aromatic heterocycles. The fourth-order valence-electron chi connectivity index (χ4n) is 4.06. The zero-order valence-corrected chi connectivity index (χ0v) is 20.1. The Morgan fingerprint density at radius 1 is 1.03 bits per heavy atom. The Kier molecular flexibility index (Phi) is 6.94. The van der Waals surface area contributed by atoms with Gasteiger partial charge in [-0.05, 0) is 49.2 Å². The van der Waals surface area contributed by atoms with E-state index in [-0.39, 0.29) is 11.2 Å². The van der Waals surface area contributed by atoms with Crippen LogP contribution in [0.4, 0.5) is 0 Å². The number of hydrogen-bond acceptors (Lipinski definition) is 6. The Bertz CT molecular complexity index is 1480. The summed E-state index contributed by atoms with van der Waals surface area (Å²) in [6.45, 7) is 5.30. The first-order chi connectivity index (χ1) is 16.9. The fourth-order valence-corrected chi connectivity index (χ4v) is 4.06. The number of allylic oxidation sites excluding steroid dienone is 1. The van der Waals surface area contributed by atoms with Crippen LogP contribution in [0, 0.1) is 0 Å². The van der Waals surface area contributed by atoms with Gasteiger partial charge in [-0.15, -0.1) is 0 Å². The van der Waals surface area contributed by atoms with Crippen molar-refractivity contribution in [2.45, 2.75) is 33.5 Å². The van der Waals surface area contributed by atoms with E-state index in [9.17, 15) is 14.4 Å². The molecule has 35 heavy (non-hydrogen) atoms. The number of benzene rings is 3. The molecule has 0 N–H and O–H groups in total. The van der Waals surface area contributed by atoms with E-state index < -0.39 is 6.29 Å². The van der Waals surface area contributed by atoms with E-state index in [1.54, 1.807) is 32.0 Å². The molecule has 0 saturated carbocycles. The number of methoxy groups -OCH3 is 1. The number of ketones is 1. The molecular weight excluding hydrogens is 444 g/mol. The quantitative estimate of drug-likeness (QED) is 0.103. The third-order valence-corrected chi connectivity index (χ3v) is 6.09. The second-order valence-corrected chi connectivity index (χ2v) is 8.28. The van der Waals surface area contributed by atoms with Crippen molar-refractivity contribution in [3.05, 3.63) is 87.6 Å². The first kappa shape index (κ1) is 24.1. The predicted octanol–water partition coefficient (Wildman–Crippen LogP) is 6.04. The highest BCUT2D eigenvalue weighted by Crippen LogP contribution is 2.42. The van der Waals surface area contributed by atoms with Gasteiger partial charge in [-0.3, -0.25) is 14.4 Å². The summed E-state index contributed by atoms with van der Waals surface area (Å²) in [7, 11) is 1.50. The summed E-state index contributed by atoms with van der Waals surface area (Å²) in [5.41, 5.74) is 4.41. The van der Waals surface area contributed by atoms with E-state index in [4.69, 9.17) is 13.9 Å². The monoisotopic (exact) mass is 470 g/mol. The van der Waals surface area contributed by atoms with Gasteiger partial charge in [0, 0.05) is 53.3 Å². The molecule has 1 atom stereocenters. The van der Waals surface area contributed by atoms with Crippen LogP contribution in [0.3, 0.4) is 0 Å². The van der Waals surface area contributed by atoms with Gasteiger partial charge in [0.1, 0.15) is 23.4 Å². The number of aldehydes is 1. The largest absolute Gasteiger partial charge is 0.461 e. The summed E-state index contributed by atoms with van der Waals surface area (Å²) >= 11 is 0. The summed E-state index contributed by atoms with van der Waals surface area (Å²) in [4.78, 5) is 36.0. The summed E-state index contributed by atoms with van der Waals surface area (Å²) in [6, 6.07) is 17.5. The molecule has 0 bridgehead atoms. The summed E-state index contributed by atoms with van der Waals surface area (Å²) in [5, 5.41) is 0.769. The van der Waals surface area contributed by atoms with Gasteiger partial charge >= 0.3 is 0 Å². The average molecular weight is 471 g/mol. The Labute approximate surface area is 203 Å². The molecule has 4 rings (SSSR count). The molecule has 1 unspecified atom stereocenters. The lowest BCUT2D eigenvalue weighted by atomic mass is 9.89. The smallest absolute Gasteiger partial charge is 0.222 e. The van der Waals surface area contributed by atoms with Crippen molar-refractivity contribution >= 4 is 23.0 Å². The minimum atomic E-state index is -0.756. The fraction of sp³-hybridized carbons (Fsp3) is 0.207. The van der Waals surface area contributed by atoms with Crippen LogP contribution in [0.1, 0.15) is 37.6 Å². The maximum atomic E-state index is 12.7. The zero-order valence-electron chi connectivity index (χ0n) is 20.1. The Morgan fingerprint density at radius 3 is 2.51 bits per heavy atom.